The average molecular weight is 359 g/mol. The standard InChI is InChI=1S/C18H19ClN4S/c1-13-11-22(9-8-20-13)17-12-23(16-6-3-7-21-18(16)17)24-15-5-2-4-14(19)10-15/h2-7,10,12-13,20H,8-9,11H2,1H3. The Morgan fingerprint density at radius 1 is 1.29 bits per heavy atom. The topological polar surface area (TPSA) is 33.1 Å². The molecular weight excluding hydrogens is 340 g/mol. The minimum absolute atomic E-state index is 0.487. The van der Waals surface area contributed by atoms with E-state index in [0.29, 0.717) is 6.04 Å². The second-order valence-electron chi connectivity index (χ2n) is 6.06. The first-order valence-corrected chi connectivity index (χ1v) is 9.24. The Hall–Kier alpha value is -1.69. The van der Waals surface area contributed by atoms with Crippen LogP contribution >= 0.6 is 23.5 Å². The Balaban J connectivity index is 1.73. The quantitative estimate of drug-likeness (QED) is 0.766. The van der Waals surface area contributed by atoms with Gasteiger partial charge in [-0.15, -0.1) is 0 Å². The fraction of sp³-hybridized carbons (Fsp3) is 0.278. The zero-order valence-electron chi connectivity index (χ0n) is 13.4. The molecule has 3 aromatic rings. The maximum atomic E-state index is 6.12. The van der Waals surface area contributed by atoms with Gasteiger partial charge in [0.2, 0.25) is 0 Å². The zero-order chi connectivity index (χ0) is 16.5. The number of nitrogens with one attached hydrogen (secondary N) is 1. The van der Waals surface area contributed by atoms with E-state index >= 15 is 0 Å². The molecule has 24 heavy (non-hydrogen) atoms. The smallest absolute Gasteiger partial charge is 0.112 e. The van der Waals surface area contributed by atoms with Gasteiger partial charge < -0.3 is 10.2 Å². The molecule has 0 aliphatic carbocycles. The molecule has 2 aromatic heterocycles. The van der Waals surface area contributed by atoms with E-state index in [1.807, 2.05) is 30.5 Å². The molecule has 3 heterocycles. The van der Waals surface area contributed by atoms with Crippen LogP contribution < -0.4 is 10.2 Å². The van der Waals surface area contributed by atoms with Gasteiger partial charge in [0.05, 0.1) is 11.2 Å². The number of anilines is 1. The van der Waals surface area contributed by atoms with Crippen LogP contribution in [-0.2, 0) is 0 Å². The van der Waals surface area contributed by atoms with Crippen LogP contribution in [0.1, 0.15) is 6.92 Å². The first-order chi connectivity index (χ1) is 11.7. The molecule has 1 unspecified atom stereocenters. The van der Waals surface area contributed by atoms with Crippen molar-refractivity contribution in [1.82, 2.24) is 14.3 Å². The maximum absolute atomic E-state index is 6.12. The second-order valence-corrected chi connectivity index (χ2v) is 7.54. The summed E-state index contributed by atoms with van der Waals surface area (Å²) in [5.74, 6) is 0. The highest BCUT2D eigenvalue weighted by Crippen LogP contribution is 2.34. The predicted molar refractivity (Wildman–Crippen MR) is 102 cm³/mol. The number of aromatic nitrogens is 2. The molecule has 0 radical (unpaired) electrons. The van der Waals surface area contributed by atoms with Gasteiger partial charge in [-0.1, -0.05) is 17.7 Å². The lowest BCUT2D eigenvalue weighted by Crippen LogP contribution is -2.49. The summed E-state index contributed by atoms with van der Waals surface area (Å²) < 4.78 is 2.19. The van der Waals surface area contributed by atoms with Crippen molar-refractivity contribution in [1.29, 1.82) is 0 Å². The molecule has 1 N–H and O–H groups in total. The number of piperazine rings is 1. The number of pyridine rings is 1. The van der Waals surface area contributed by atoms with Crippen LogP contribution in [0.25, 0.3) is 11.0 Å². The number of rotatable bonds is 3. The normalized spacial score (nSPS) is 18.2. The lowest BCUT2D eigenvalue weighted by atomic mass is 10.2. The van der Waals surface area contributed by atoms with E-state index in [9.17, 15) is 0 Å². The molecule has 124 valence electrons. The molecule has 1 saturated heterocycles. The van der Waals surface area contributed by atoms with E-state index < -0.39 is 0 Å². The summed E-state index contributed by atoms with van der Waals surface area (Å²) in [7, 11) is 0. The molecular formula is C18H19ClN4S. The second kappa shape index (κ2) is 6.67. The van der Waals surface area contributed by atoms with Crippen molar-refractivity contribution in [3.63, 3.8) is 0 Å². The third kappa shape index (κ3) is 3.11. The highest BCUT2D eigenvalue weighted by atomic mass is 35.5. The number of hydrogen-bond acceptors (Lipinski definition) is 4. The molecule has 1 aromatic carbocycles. The van der Waals surface area contributed by atoms with Crippen LogP contribution in [0.15, 0.2) is 53.7 Å². The van der Waals surface area contributed by atoms with Gasteiger partial charge in [-0.05, 0) is 49.2 Å². The number of fused-ring (bicyclic) bond motifs is 1. The fourth-order valence-corrected chi connectivity index (χ4v) is 4.31. The zero-order valence-corrected chi connectivity index (χ0v) is 15.0. The Bertz CT molecular complexity index is 863. The largest absolute Gasteiger partial charge is 0.366 e. The van der Waals surface area contributed by atoms with Crippen molar-refractivity contribution in [3.8, 4) is 0 Å². The first kappa shape index (κ1) is 15.8. The van der Waals surface area contributed by atoms with Crippen molar-refractivity contribution in [2.45, 2.75) is 17.9 Å². The van der Waals surface area contributed by atoms with Crippen molar-refractivity contribution >= 4 is 40.3 Å². The van der Waals surface area contributed by atoms with Gasteiger partial charge in [-0.3, -0.25) is 8.96 Å². The summed E-state index contributed by atoms with van der Waals surface area (Å²) in [6, 6.07) is 12.5. The van der Waals surface area contributed by atoms with Gasteiger partial charge in [0.25, 0.3) is 0 Å². The summed E-state index contributed by atoms with van der Waals surface area (Å²) in [6.45, 7) is 5.22. The lowest BCUT2D eigenvalue weighted by Gasteiger charge is -2.32. The van der Waals surface area contributed by atoms with Crippen LogP contribution in [-0.4, -0.2) is 34.6 Å². The molecule has 0 amide bonds. The summed E-state index contributed by atoms with van der Waals surface area (Å²) in [5.41, 5.74) is 3.39. The third-order valence-corrected chi connectivity index (χ3v) is 5.41. The molecule has 6 heteroatoms. The predicted octanol–water partition coefficient (Wildman–Crippen LogP) is 4.04. The first-order valence-electron chi connectivity index (χ1n) is 8.09. The summed E-state index contributed by atoms with van der Waals surface area (Å²) in [5, 5.41) is 4.25. The Morgan fingerprint density at radius 3 is 3.04 bits per heavy atom. The van der Waals surface area contributed by atoms with Crippen molar-refractivity contribution in [2.24, 2.45) is 0 Å². The van der Waals surface area contributed by atoms with Crippen molar-refractivity contribution in [2.75, 3.05) is 24.5 Å². The van der Waals surface area contributed by atoms with E-state index in [0.717, 1.165) is 40.6 Å². The number of benzene rings is 1. The fourth-order valence-electron chi connectivity index (χ4n) is 3.11. The van der Waals surface area contributed by atoms with Gasteiger partial charge in [0.1, 0.15) is 5.52 Å². The minimum atomic E-state index is 0.487. The van der Waals surface area contributed by atoms with Crippen LogP contribution in [0.3, 0.4) is 0 Å². The van der Waals surface area contributed by atoms with Crippen LogP contribution in [0, 0.1) is 0 Å². The molecule has 1 atom stereocenters. The van der Waals surface area contributed by atoms with Crippen LogP contribution in [0.4, 0.5) is 5.69 Å². The van der Waals surface area contributed by atoms with E-state index in [2.05, 4.69) is 44.4 Å². The van der Waals surface area contributed by atoms with Crippen molar-refractivity contribution in [3.05, 3.63) is 53.8 Å². The summed E-state index contributed by atoms with van der Waals surface area (Å²) in [6.07, 6.45) is 4.06. The molecule has 1 aliphatic rings. The van der Waals surface area contributed by atoms with E-state index in [4.69, 9.17) is 11.6 Å². The Kier molecular flexibility index (Phi) is 4.39. The van der Waals surface area contributed by atoms with Gasteiger partial charge in [-0.25, -0.2) is 0 Å². The Morgan fingerprint density at radius 2 is 2.21 bits per heavy atom. The molecule has 1 fully saturated rings. The third-order valence-electron chi connectivity index (χ3n) is 4.22. The molecule has 0 spiro atoms. The Labute approximate surface area is 150 Å². The van der Waals surface area contributed by atoms with E-state index in [1.165, 1.54) is 5.69 Å². The van der Waals surface area contributed by atoms with Gasteiger partial charge in [0, 0.05) is 48.0 Å². The molecule has 4 rings (SSSR count). The summed E-state index contributed by atoms with van der Waals surface area (Å²) >= 11 is 7.79. The number of hydrogen-bond donors (Lipinski definition) is 1. The molecule has 1 aliphatic heterocycles. The SMILES string of the molecule is CC1CN(c2cn(Sc3cccc(Cl)c3)c3cccnc23)CCN1. The molecule has 4 nitrogen and oxygen atoms in total. The van der Waals surface area contributed by atoms with E-state index in [-0.39, 0.29) is 0 Å². The number of halogens is 1. The minimum Gasteiger partial charge on any atom is -0.366 e. The van der Waals surface area contributed by atoms with Crippen molar-refractivity contribution < 1.29 is 0 Å². The van der Waals surface area contributed by atoms with E-state index in [1.54, 1.807) is 11.9 Å². The monoisotopic (exact) mass is 358 g/mol. The highest BCUT2D eigenvalue weighted by Gasteiger charge is 2.21. The van der Waals surface area contributed by atoms with Gasteiger partial charge >= 0.3 is 0 Å². The van der Waals surface area contributed by atoms with Gasteiger partial charge in [0.15, 0.2) is 0 Å². The summed E-state index contributed by atoms with van der Waals surface area (Å²) in [4.78, 5) is 8.18. The maximum Gasteiger partial charge on any atom is 0.112 e. The number of nitrogens with zero attached hydrogens (tertiary/aromatic N) is 3. The lowest BCUT2D eigenvalue weighted by molar-refractivity contribution is 0.485. The highest BCUT2D eigenvalue weighted by molar-refractivity contribution is 7.98. The molecule has 0 saturated carbocycles. The average Bonchev–Trinajstić information content (AvgIpc) is 2.94. The van der Waals surface area contributed by atoms with Crippen LogP contribution in [0.5, 0.6) is 0 Å². The van der Waals surface area contributed by atoms with Gasteiger partial charge in [-0.2, -0.15) is 0 Å². The van der Waals surface area contributed by atoms with Crippen LogP contribution in [0.2, 0.25) is 5.02 Å². The molecule has 0 bridgehead atoms.